The largest absolute Gasteiger partial charge is 0.360 e. The summed E-state index contributed by atoms with van der Waals surface area (Å²) in [4.78, 5) is 36.4. The summed E-state index contributed by atoms with van der Waals surface area (Å²) in [6.45, 7) is 4.28. The number of rotatable bonds is 5. The average molecular weight is 315 g/mol. The summed E-state index contributed by atoms with van der Waals surface area (Å²) >= 11 is 0. The first-order valence-corrected chi connectivity index (χ1v) is 6.99. The number of amides is 2. The van der Waals surface area contributed by atoms with Crippen LogP contribution in [0.5, 0.6) is 0 Å². The van der Waals surface area contributed by atoms with Crippen molar-refractivity contribution in [2.45, 2.75) is 20.8 Å². The van der Waals surface area contributed by atoms with Crippen molar-refractivity contribution in [1.82, 2.24) is 5.16 Å². The summed E-state index contributed by atoms with van der Waals surface area (Å²) in [5.41, 5.74) is 0.987. The molecule has 1 heterocycles. The highest BCUT2D eigenvalue weighted by Gasteiger charge is 2.19. The normalized spacial score (nSPS) is 10.2. The Morgan fingerprint density at radius 1 is 1.22 bits per heavy atom. The molecule has 0 aliphatic rings. The summed E-state index contributed by atoms with van der Waals surface area (Å²) in [6, 6.07) is 8.17. The molecule has 0 unspecified atom stereocenters. The Labute approximate surface area is 133 Å². The molecular formula is C16H17N3O4. The summed E-state index contributed by atoms with van der Waals surface area (Å²) in [6.07, 6.45) is 0. The fraction of sp³-hybridized carbons (Fsp3) is 0.250. The summed E-state index contributed by atoms with van der Waals surface area (Å²) in [5, 5.41) is 6.40. The molecule has 120 valence electrons. The maximum absolute atomic E-state index is 12.1. The molecule has 1 N–H and O–H groups in total. The number of ketones is 1. The molecule has 0 saturated heterocycles. The highest BCUT2D eigenvalue weighted by atomic mass is 16.5. The topological polar surface area (TPSA) is 92.5 Å². The molecule has 2 aromatic rings. The molecule has 7 heteroatoms. The molecule has 0 atom stereocenters. The molecule has 7 nitrogen and oxygen atoms in total. The molecule has 2 rings (SSSR count). The lowest BCUT2D eigenvalue weighted by molar-refractivity contribution is -0.120. The van der Waals surface area contributed by atoms with Gasteiger partial charge in [0.2, 0.25) is 11.8 Å². The zero-order valence-electron chi connectivity index (χ0n) is 13.1. The van der Waals surface area contributed by atoms with Crippen LogP contribution >= 0.6 is 0 Å². The minimum absolute atomic E-state index is 0.0930. The van der Waals surface area contributed by atoms with Gasteiger partial charge in [-0.15, -0.1) is 0 Å². The van der Waals surface area contributed by atoms with E-state index in [9.17, 15) is 14.4 Å². The Morgan fingerprint density at radius 2 is 1.96 bits per heavy atom. The van der Waals surface area contributed by atoms with E-state index in [1.165, 1.54) is 18.7 Å². The number of hydrogen-bond acceptors (Lipinski definition) is 5. The second kappa shape index (κ2) is 6.87. The highest BCUT2D eigenvalue weighted by molar-refractivity contribution is 6.02. The number of aryl methyl sites for hydroxylation is 1. The Kier molecular flexibility index (Phi) is 4.90. The van der Waals surface area contributed by atoms with Crippen molar-refractivity contribution in [2.24, 2.45) is 0 Å². The Morgan fingerprint density at radius 3 is 2.52 bits per heavy atom. The SMILES string of the molecule is CC(=O)c1cccc(NC(=O)CN(C(C)=O)c2cc(C)on2)c1. The van der Waals surface area contributed by atoms with Crippen LogP contribution in [0, 0.1) is 6.92 Å². The zero-order chi connectivity index (χ0) is 17.0. The Hall–Kier alpha value is -2.96. The van der Waals surface area contributed by atoms with E-state index in [1.807, 2.05) is 0 Å². The standard InChI is InChI=1S/C16H17N3O4/c1-10-7-15(18-23-10)19(12(3)21)9-16(22)17-14-6-4-5-13(8-14)11(2)20/h4-8H,9H2,1-3H3,(H,17,22). The predicted octanol–water partition coefficient (Wildman–Crippen LogP) is 2.18. The van der Waals surface area contributed by atoms with Crippen LogP contribution in [0.4, 0.5) is 11.5 Å². The van der Waals surface area contributed by atoms with Crippen LogP contribution in [0.15, 0.2) is 34.9 Å². The fourth-order valence-corrected chi connectivity index (χ4v) is 1.99. The molecule has 0 bridgehead atoms. The van der Waals surface area contributed by atoms with Crippen molar-refractivity contribution in [3.05, 3.63) is 41.7 Å². The summed E-state index contributed by atoms with van der Waals surface area (Å²) in [5.74, 6) is 0.000444. The van der Waals surface area contributed by atoms with Crippen LogP contribution in [-0.4, -0.2) is 29.3 Å². The molecule has 1 aromatic carbocycles. The Balaban J connectivity index is 2.09. The van der Waals surface area contributed by atoms with Crippen LogP contribution in [0.1, 0.15) is 30.0 Å². The zero-order valence-corrected chi connectivity index (χ0v) is 13.1. The first-order valence-electron chi connectivity index (χ1n) is 6.99. The smallest absolute Gasteiger partial charge is 0.244 e. The van der Waals surface area contributed by atoms with Gasteiger partial charge in [-0.05, 0) is 26.0 Å². The first kappa shape index (κ1) is 16.4. The lowest BCUT2D eigenvalue weighted by Crippen LogP contribution is -2.36. The van der Waals surface area contributed by atoms with Crippen LogP contribution in [0.25, 0.3) is 0 Å². The van der Waals surface area contributed by atoms with Crippen molar-refractivity contribution >= 4 is 29.1 Å². The number of nitrogens with zero attached hydrogens (tertiary/aromatic N) is 2. The van der Waals surface area contributed by atoms with E-state index in [1.54, 1.807) is 37.3 Å². The van der Waals surface area contributed by atoms with Crippen LogP contribution in [-0.2, 0) is 9.59 Å². The van der Waals surface area contributed by atoms with E-state index in [0.717, 1.165) is 0 Å². The van der Waals surface area contributed by atoms with Crippen molar-refractivity contribution in [2.75, 3.05) is 16.8 Å². The summed E-state index contributed by atoms with van der Waals surface area (Å²) < 4.78 is 4.92. The third-order valence-corrected chi connectivity index (χ3v) is 3.13. The fourth-order valence-electron chi connectivity index (χ4n) is 1.99. The molecule has 0 aliphatic carbocycles. The minimum Gasteiger partial charge on any atom is -0.360 e. The van der Waals surface area contributed by atoms with Gasteiger partial charge in [0.05, 0.1) is 0 Å². The third kappa shape index (κ3) is 4.26. The van der Waals surface area contributed by atoms with E-state index in [4.69, 9.17) is 4.52 Å². The molecule has 2 amide bonds. The van der Waals surface area contributed by atoms with Crippen molar-refractivity contribution < 1.29 is 18.9 Å². The van der Waals surface area contributed by atoms with Gasteiger partial charge in [0.15, 0.2) is 11.6 Å². The van der Waals surface area contributed by atoms with Gasteiger partial charge in [0.25, 0.3) is 0 Å². The van der Waals surface area contributed by atoms with Crippen LogP contribution < -0.4 is 10.2 Å². The maximum Gasteiger partial charge on any atom is 0.244 e. The molecular weight excluding hydrogens is 298 g/mol. The van der Waals surface area contributed by atoms with Crippen molar-refractivity contribution in [3.8, 4) is 0 Å². The van der Waals surface area contributed by atoms with Crippen LogP contribution in [0.3, 0.4) is 0 Å². The quantitative estimate of drug-likeness (QED) is 0.854. The van der Waals surface area contributed by atoms with Gasteiger partial charge in [-0.1, -0.05) is 17.3 Å². The number of aromatic nitrogens is 1. The van der Waals surface area contributed by atoms with E-state index in [-0.39, 0.29) is 24.1 Å². The number of benzene rings is 1. The van der Waals surface area contributed by atoms with Gasteiger partial charge in [0, 0.05) is 24.2 Å². The minimum atomic E-state index is -0.401. The Bertz CT molecular complexity index is 751. The van der Waals surface area contributed by atoms with E-state index < -0.39 is 5.91 Å². The summed E-state index contributed by atoms with van der Waals surface area (Å²) in [7, 11) is 0. The second-order valence-corrected chi connectivity index (χ2v) is 5.09. The van der Waals surface area contributed by atoms with Crippen molar-refractivity contribution in [3.63, 3.8) is 0 Å². The van der Waals surface area contributed by atoms with Gasteiger partial charge in [-0.3, -0.25) is 19.3 Å². The molecule has 23 heavy (non-hydrogen) atoms. The van der Waals surface area contributed by atoms with Gasteiger partial charge < -0.3 is 9.84 Å². The highest BCUT2D eigenvalue weighted by Crippen LogP contribution is 2.15. The van der Waals surface area contributed by atoms with Gasteiger partial charge in [0.1, 0.15) is 12.3 Å². The number of anilines is 2. The first-order chi connectivity index (χ1) is 10.9. The number of nitrogens with one attached hydrogen (secondary N) is 1. The van der Waals surface area contributed by atoms with Crippen molar-refractivity contribution in [1.29, 1.82) is 0 Å². The van der Waals surface area contributed by atoms with Gasteiger partial charge >= 0.3 is 0 Å². The third-order valence-electron chi connectivity index (χ3n) is 3.13. The number of carbonyl (C=O) groups is 3. The van der Waals surface area contributed by atoms with Gasteiger partial charge in [-0.25, -0.2) is 0 Å². The lowest BCUT2D eigenvalue weighted by atomic mass is 10.1. The molecule has 0 saturated carbocycles. The van der Waals surface area contributed by atoms with E-state index >= 15 is 0 Å². The lowest BCUT2D eigenvalue weighted by Gasteiger charge is -2.17. The average Bonchev–Trinajstić information content (AvgIpc) is 2.91. The monoisotopic (exact) mass is 315 g/mol. The molecule has 0 fully saturated rings. The van der Waals surface area contributed by atoms with Gasteiger partial charge in [-0.2, -0.15) is 0 Å². The molecule has 0 radical (unpaired) electrons. The maximum atomic E-state index is 12.1. The van der Waals surface area contributed by atoms with E-state index in [2.05, 4.69) is 10.5 Å². The van der Waals surface area contributed by atoms with Crippen LogP contribution in [0.2, 0.25) is 0 Å². The number of carbonyl (C=O) groups excluding carboxylic acids is 3. The molecule has 1 aromatic heterocycles. The number of Topliss-reactive ketones (excluding diaryl/α,β-unsaturated/α-hetero) is 1. The predicted molar refractivity (Wildman–Crippen MR) is 84.3 cm³/mol. The second-order valence-electron chi connectivity index (χ2n) is 5.09. The molecule has 0 aliphatic heterocycles. The molecule has 0 spiro atoms. The van der Waals surface area contributed by atoms with E-state index in [0.29, 0.717) is 17.0 Å². The number of hydrogen-bond donors (Lipinski definition) is 1.